The molecule has 1 saturated heterocycles. The summed E-state index contributed by atoms with van der Waals surface area (Å²) in [5, 5.41) is 0. The summed E-state index contributed by atoms with van der Waals surface area (Å²) in [5.74, 6) is 0.557. The minimum Gasteiger partial charge on any atom is -0.324 e. The quantitative estimate of drug-likeness (QED) is 0.898. The molecule has 2 N–H and O–H groups in total. The lowest BCUT2D eigenvalue weighted by atomic mass is 10.0. The maximum absolute atomic E-state index is 11.3. The monoisotopic (exact) mass is 346 g/mol. The highest BCUT2D eigenvalue weighted by Crippen LogP contribution is 2.18. The molecule has 106 valence electrons. The summed E-state index contributed by atoms with van der Waals surface area (Å²) in [4.78, 5) is 2.18. The Morgan fingerprint density at radius 3 is 2.37 bits per heavy atom. The van der Waals surface area contributed by atoms with Gasteiger partial charge in [0.1, 0.15) is 0 Å². The van der Waals surface area contributed by atoms with Gasteiger partial charge in [0.15, 0.2) is 9.84 Å². The minimum atomic E-state index is -2.79. The Morgan fingerprint density at radius 2 is 1.79 bits per heavy atom. The largest absolute Gasteiger partial charge is 0.324 e. The number of benzene rings is 1. The van der Waals surface area contributed by atoms with E-state index in [1.807, 2.05) is 24.3 Å². The Morgan fingerprint density at radius 1 is 1.21 bits per heavy atom. The predicted octanol–water partition coefficient (Wildman–Crippen LogP) is 1.57. The molecule has 0 amide bonds. The van der Waals surface area contributed by atoms with Gasteiger partial charge in [0.2, 0.25) is 0 Å². The lowest BCUT2D eigenvalue weighted by Crippen LogP contribution is -2.41. The maximum Gasteiger partial charge on any atom is 0.152 e. The minimum absolute atomic E-state index is 0.00614. The van der Waals surface area contributed by atoms with Crippen molar-refractivity contribution in [1.29, 1.82) is 0 Å². The second-order valence-corrected chi connectivity index (χ2v) is 8.16. The summed E-state index contributed by atoms with van der Waals surface area (Å²) in [6.07, 6.45) is 0.849. The summed E-state index contributed by atoms with van der Waals surface area (Å²) in [6, 6.07) is 8.03. The maximum atomic E-state index is 11.3. The van der Waals surface area contributed by atoms with Gasteiger partial charge in [-0.15, -0.1) is 0 Å². The van der Waals surface area contributed by atoms with Gasteiger partial charge in [-0.05, 0) is 24.1 Å². The van der Waals surface area contributed by atoms with Crippen LogP contribution in [0.2, 0.25) is 0 Å². The number of halogens is 1. The molecule has 1 aliphatic rings. The van der Waals surface area contributed by atoms with Crippen LogP contribution in [0.25, 0.3) is 0 Å². The van der Waals surface area contributed by atoms with Crippen molar-refractivity contribution < 1.29 is 8.42 Å². The molecule has 0 aliphatic carbocycles. The first-order valence-electron chi connectivity index (χ1n) is 6.40. The van der Waals surface area contributed by atoms with Crippen LogP contribution >= 0.6 is 15.9 Å². The molecule has 1 atom stereocenters. The van der Waals surface area contributed by atoms with Crippen LogP contribution in [0.1, 0.15) is 18.0 Å². The van der Waals surface area contributed by atoms with Gasteiger partial charge in [0.05, 0.1) is 11.5 Å². The second kappa shape index (κ2) is 6.35. The third-order valence-electron chi connectivity index (χ3n) is 3.49. The standard InChI is InChI=1S/C13H19BrN2O2S/c14-12-3-1-11(2-4-12)13(15)5-6-16-7-9-19(17,18)10-8-16/h1-4,13H,5-10,15H2. The topological polar surface area (TPSA) is 63.4 Å². The van der Waals surface area contributed by atoms with E-state index in [1.54, 1.807) is 0 Å². The molecule has 1 aromatic rings. The average molecular weight is 347 g/mol. The Balaban J connectivity index is 1.81. The van der Waals surface area contributed by atoms with Crippen molar-refractivity contribution in [2.24, 2.45) is 5.73 Å². The van der Waals surface area contributed by atoms with E-state index < -0.39 is 9.84 Å². The van der Waals surface area contributed by atoms with Crippen LogP contribution in [0, 0.1) is 0 Å². The van der Waals surface area contributed by atoms with Crippen LogP contribution in [0.15, 0.2) is 28.7 Å². The van der Waals surface area contributed by atoms with Crippen molar-refractivity contribution in [3.05, 3.63) is 34.3 Å². The fourth-order valence-corrected chi connectivity index (χ4v) is 3.71. The van der Waals surface area contributed by atoms with E-state index in [0.29, 0.717) is 13.1 Å². The van der Waals surface area contributed by atoms with Gasteiger partial charge in [-0.25, -0.2) is 8.42 Å². The van der Waals surface area contributed by atoms with Crippen molar-refractivity contribution in [2.75, 3.05) is 31.1 Å². The smallest absolute Gasteiger partial charge is 0.152 e. The predicted molar refractivity (Wildman–Crippen MR) is 80.8 cm³/mol. The molecule has 4 nitrogen and oxygen atoms in total. The lowest BCUT2D eigenvalue weighted by Gasteiger charge is -2.27. The van der Waals surface area contributed by atoms with Crippen LogP contribution in [0.4, 0.5) is 0 Å². The number of sulfone groups is 1. The van der Waals surface area contributed by atoms with Gasteiger partial charge in [-0.2, -0.15) is 0 Å². The lowest BCUT2D eigenvalue weighted by molar-refractivity contribution is 0.283. The first-order chi connectivity index (χ1) is 8.96. The normalized spacial score (nSPS) is 21.2. The van der Waals surface area contributed by atoms with Crippen LogP contribution in [-0.4, -0.2) is 44.5 Å². The Kier molecular flexibility index (Phi) is 5.00. The zero-order valence-corrected chi connectivity index (χ0v) is 13.2. The first-order valence-corrected chi connectivity index (χ1v) is 9.01. The molecule has 1 heterocycles. The van der Waals surface area contributed by atoms with E-state index >= 15 is 0 Å². The second-order valence-electron chi connectivity index (χ2n) is 4.94. The van der Waals surface area contributed by atoms with Crippen molar-refractivity contribution >= 4 is 25.8 Å². The fourth-order valence-electron chi connectivity index (χ4n) is 2.17. The summed E-state index contributed by atoms with van der Waals surface area (Å²) >= 11 is 3.40. The molecular weight excluding hydrogens is 328 g/mol. The molecule has 2 rings (SSSR count). The number of hydrogen-bond acceptors (Lipinski definition) is 4. The molecule has 1 aromatic carbocycles. The number of hydrogen-bond donors (Lipinski definition) is 1. The molecule has 1 aliphatic heterocycles. The van der Waals surface area contributed by atoms with Gasteiger partial charge in [-0.3, -0.25) is 0 Å². The van der Waals surface area contributed by atoms with E-state index in [1.165, 1.54) is 0 Å². The van der Waals surface area contributed by atoms with Gasteiger partial charge in [0.25, 0.3) is 0 Å². The summed E-state index contributed by atoms with van der Waals surface area (Å²) < 4.78 is 23.7. The first kappa shape index (κ1) is 15.0. The molecule has 1 fully saturated rings. The molecule has 0 radical (unpaired) electrons. The van der Waals surface area contributed by atoms with Crippen molar-refractivity contribution in [3.63, 3.8) is 0 Å². The van der Waals surface area contributed by atoms with Crippen LogP contribution < -0.4 is 5.73 Å². The Bertz CT molecular complexity index is 502. The highest BCUT2D eigenvalue weighted by Gasteiger charge is 2.21. The molecule has 19 heavy (non-hydrogen) atoms. The van der Waals surface area contributed by atoms with Crippen LogP contribution in [0.3, 0.4) is 0 Å². The van der Waals surface area contributed by atoms with Crippen molar-refractivity contribution in [3.8, 4) is 0 Å². The van der Waals surface area contributed by atoms with E-state index in [-0.39, 0.29) is 17.5 Å². The molecule has 0 spiro atoms. The molecule has 1 unspecified atom stereocenters. The molecule has 0 aromatic heterocycles. The number of nitrogens with two attached hydrogens (primary N) is 1. The molecular formula is C13H19BrN2O2S. The van der Waals surface area contributed by atoms with Gasteiger partial charge < -0.3 is 10.6 Å². The fraction of sp³-hybridized carbons (Fsp3) is 0.538. The van der Waals surface area contributed by atoms with Crippen molar-refractivity contribution in [1.82, 2.24) is 4.90 Å². The zero-order chi connectivity index (χ0) is 13.9. The SMILES string of the molecule is NC(CCN1CCS(=O)(=O)CC1)c1ccc(Br)cc1. The number of rotatable bonds is 4. The molecule has 0 bridgehead atoms. The Hall–Kier alpha value is -0.430. The van der Waals surface area contributed by atoms with Gasteiger partial charge >= 0.3 is 0 Å². The third-order valence-corrected chi connectivity index (χ3v) is 5.63. The van der Waals surface area contributed by atoms with Crippen LogP contribution in [0.5, 0.6) is 0 Å². The summed E-state index contributed by atoms with van der Waals surface area (Å²) in [6.45, 7) is 2.12. The van der Waals surface area contributed by atoms with Crippen LogP contribution in [-0.2, 0) is 9.84 Å². The summed E-state index contributed by atoms with van der Waals surface area (Å²) in [7, 11) is -2.79. The number of nitrogens with zero attached hydrogens (tertiary/aromatic N) is 1. The van der Waals surface area contributed by atoms with Gasteiger partial charge in [0, 0.05) is 30.1 Å². The average Bonchev–Trinajstić information content (AvgIpc) is 2.38. The highest BCUT2D eigenvalue weighted by molar-refractivity contribution is 9.10. The van der Waals surface area contributed by atoms with E-state index in [0.717, 1.165) is 23.0 Å². The zero-order valence-electron chi connectivity index (χ0n) is 10.8. The molecule has 6 heteroatoms. The van der Waals surface area contributed by atoms with E-state index in [4.69, 9.17) is 5.73 Å². The third kappa shape index (κ3) is 4.56. The van der Waals surface area contributed by atoms with E-state index in [2.05, 4.69) is 20.8 Å². The van der Waals surface area contributed by atoms with E-state index in [9.17, 15) is 8.42 Å². The highest BCUT2D eigenvalue weighted by atomic mass is 79.9. The molecule has 0 saturated carbocycles. The summed E-state index contributed by atoms with van der Waals surface area (Å²) in [5.41, 5.74) is 7.27. The van der Waals surface area contributed by atoms with Gasteiger partial charge in [-0.1, -0.05) is 28.1 Å². The Labute approximate surface area is 123 Å². The van der Waals surface area contributed by atoms with Crippen molar-refractivity contribution in [2.45, 2.75) is 12.5 Å².